The first kappa shape index (κ1) is 7.37. The number of hydrogen-bond donors (Lipinski definition) is 0. The monoisotopic (exact) mass is 165 g/mol. The molecule has 0 aromatic rings. The number of piperidine rings is 1. The van der Waals surface area contributed by atoms with Crippen molar-refractivity contribution in [3.8, 4) is 0 Å². The Morgan fingerprint density at radius 3 is 2.92 bits per heavy atom. The molecule has 2 saturated heterocycles. The number of fused-ring (bicyclic) bond motifs is 4. The number of rotatable bonds is 0. The molecule has 0 aromatic heterocycles. The molecule has 68 valence electrons. The van der Waals surface area contributed by atoms with Gasteiger partial charge in [-0.05, 0) is 37.0 Å². The molecule has 1 saturated carbocycles. The van der Waals surface area contributed by atoms with Crippen LogP contribution in [-0.4, -0.2) is 24.0 Å². The Labute approximate surface area is 75.1 Å². The van der Waals surface area contributed by atoms with Gasteiger partial charge in [-0.3, -0.25) is 4.90 Å². The summed E-state index contributed by atoms with van der Waals surface area (Å²) in [6.45, 7) is 5.29. The molecule has 0 spiro atoms. The fourth-order valence-electron chi connectivity index (χ4n) is 3.81. The topological polar surface area (TPSA) is 3.24 Å². The molecule has 3 aliphatic rings. The van der Waals surface area contributed by atoms with E-state index in [0.717, 1.165) is 23.8 Å². The molecule has 0 N–H and O–H groups in total. The third-order valence-electron chi connectivity index (χ3n) is 4.49. The van der Waals surface area contributed by atoms with Crippen molar-refractivity contribution in [2.24, 2.45) is 17.8 Å². The number of nitrogens with zero attached hydrogens (tertiary/aromatic N) is 1. The quantitative estimate of drug-likeness (QED) is 0.531. The van der Waals surface area contributed by atoms with E-state index in [4.69, 9.17) is 0 Å². The van der Waals surface area contributed by atoms with Crippen LogP contribution >= 0.6 is 0 Å². The zero-order valence-electron chi connectivity index (χ0n) is 8.00. The Morgan fingerprint density at radius 2 is 2.00 bits per heavy atom. The van der Waals surface area contributed by atoms with Crippen LogP contribution in [0.2, 0.25) is 0 Å². The zero-order valence-corrected chi connectivity index (χ0v) is 8.00. The predicted molar refractivity (Wildman–Crippen MR) is 50.0 cm³/mol. The van der Waals surface area contributed by atoms with Crippen molar-refractivity contribution in [3.05, 3.63) is 0 Å². The van der Waals surface area contributed by atoms with Gasteiger partial charge in [-0.15, -0.1) is 0 Å². The second-order valence-corrected chi connectivity index (χ2v) is 5.19. The minimum absolute atomic E-state index is 0.996. The molecule has 5 unspecified atom stereocenters. The summed E-state index contributed by atoms with van der Waals surface area (Å²) < 4.78 is 0. The van der Waals surface area contributed by atoms with Crippen molar-refractivity contribution < 1.29 is 0 Å². The van der Waals surface area contributed by atoms with Gasteiger partial charge in [-0.25, -0.2) is 0 Å². The zero-order chi connectivity index (χ0) is 8.13. The minimum Gasteiger partial charge on any atom is -0.300 e. The van der Waals surface area contributed by atoms with E-state index >= 15 is 0 Å². The van der Waals surface area contributed by atoms with E-state index in [-0.39, 0.29) is 0 Å². The summed E-state index contributed by atoms with van der Waals surface area (Å²) >= 11 is 0. The van der Waals surface area contributed by atoms with Crippen LogP contribution in [0.4, 0.5) is 0 Å². The summed E-state index contributed by atoms with van der Waals surface area (Å²) in [6.07, 6.45) is 6.10. The van der Waals surface area contributed by atoms with E-state index in [1.54, 1.807) is 6.42 Å². The van der Waals surface area contributed by atoms with Crippen LogP contribution < -0.4 is 0 Å². The van der Waals surface area contributed by atoms with Crippen LogP contribution in [-0.2, 0) is 0 Å². The highest BCUT2D eigenvalue weighted by Crippen LogP contribution is 2.45. The van der Waals surface area contributed by atoms with Crippen LogP contribution in [0, 0.1) is 17.8 Å². The highest BCUT2D eigenvalue weighted by molar-refractivity contribution is 4.98. The maximum atomic E-state index is 2.79. The molecule has 12 heavy (non-hydrogen) atoms. The van der Waals surface area contributed by atoms with Crippen molar-refractivity contribution >= 4 is 0 Å². The average molecular weight is 165 g/mol. The van der Waals surface area contributed by atoms with Gasteiger partial charge in [0.05, 0.1) is 0 Å². The van der Waals surface area contributed by atoms with Gasteiger partial charge in [0.25, 0.3) is 0 Å². The lowest BCUT2D eigenvalue weighted by Gasteiger charge is -2.34. The van der Waals surface area contributed by atoms with E-state index in [2.05, 4.69) is 11.8 Å². The van der Waals surface area contributed by atoms with Crippen LogP contribution in [0.5, 0.6) is 0 Å². The molecule has 0 amide bonds. The van der Waals surface area contributed by atoms with Crippen molar-refractivity contribution in [1.29, 1.82) is 0 Å². The van der Waals surface area contributed by atoms with Crippen LogP contribution in [0.1, 0.15) is 32.6 Å². The molecule has 2 bridgehead atoms. The lowest BCUT2D eigenvalue weighted by atomic mass is 9.84. The number of hydrogen-bond acceptors (Lipinski definition) is 1. The molecular formula is C11H19N. The third-order valence-corrected chi connectivity index (χ3v) is 4.49. The second-order valence-electron chi connectivity index (χ2n) is 5.19. The molecule has 1 aliphatic carbocycles. The standard InChI is InChI=1S/C11H19N/c1-8-6-12-7-10(8)5-9-3-2-4-11(9)12/h8-11H,2-7H2,1H3. The van der Waals surface area contributed by atoms with E-state index in [1.807, 2.05) is 0 Å². The van der Waals surface area contributed by atoms with Crippen molar-refractivity contribution in [2.45, 2.75) is 38.6 Å². The van der Waals surface area contributed by atoms with E-state index < -0.39 is 0 Å². The summed E-state index contributed by atoms with van der Waals surface area (Å²) in [4.78, 5) is 2.79. The predicted octanol–water partition coefficient (Wildman–Crippen LogP) is 2.13. The molecule has 1 nitrogen and oxygen atoms in total. The molecule has 3 rings (SSSR count). The molecule has 2 aliphatic heterocycles. The Morgan fingerprint density at radius 1 is 1.08 bits per heavy atom. The minimum atomic E-state index is 0.996. The summed E-state index contributed by atoms with van der Waals surface area (Å²) in [5, 5.41) is 0. The Kier molecular flexibility index (Phi) is 1.52. The fraction of sp³-hybridized carbons (Fsp3) is 1.00. The SMILES string of the molecule is CC1CN2CC1CC1CCCC12. The normalized spacial score (nSPS) is 57.2. The van der Waals surface area contributed by atoms with Gasteiger partial charge in [0.1, 0.15) is 0 Å². The molecule has 0 aromatic carbocycles. The Hall–Kier alpha value is -0.0400. The third kappa shape index (κ3) is 0.891. The first-order chi connectivity index (χ1) is 5.84. The van der Waals surface area contributed by atoms with E-state index in [0.29, 0.717) is 0 Å². The van der Waals surface area contributed by atoms with E-state index in [1.165, 1.54) is 32.4 Å². The lowest BCUT2D eigenvalue weighted by Crippen LogP contribution is -2.40. The fourth-order valence-corrected chi connectivity index (χ4v) is 3.81. The van der Waals surface area contributed by atoms with Crippen molar-refractivity contribution in [1.82, 2.24) is 4.90 Å². The molecular weight excluding hydrogens is 146 g/mol. The average Bonchev–Trinajstić information content (AvgIpc) is 2.60. The van der Waals surface area contributed by atoms with Crippen LogP contribution in [0.15, 0.2) is 0 Å². The van der Waals surface area contributed by atoms with Crippen molar-refractivity contribution in [2.75, 3.05) is 13.1 Å². The summed E-state index contributed by atoms with van der Waals surface area (Å²) in [6, 6.07) is 1.01. The van der Waals surface area contributed by atoms with Gasteiger partial charge in [0, 0.05) is 19.1 Å². The van der Waals surface area contributed by atoms with E-state index in [9.17, 15) is 0 Å². The molecule has 3 fully saturated rings. The largest absolute Gasteiger partial charge is 0.300 e. The summed E-state index contributed by atoms with van der Waals surface area (Å²) in [5.41, 5.74) is 0. The lowest BCUT2D eigenvalue weighted by molar-refractivity contribution is 0.139. The molecule has 2 heterocycles. The van der Waals surface area contributed by atoms with Gasteiger partial charge in [0.2, 0.25) is 0 Å². The second kappa shape index (κ2) is 2.47. The van der Waals surface area contributed by atoms with Crippen LogP contribution in [0.25, 0.3) is 0 Å². The van der Waals surface area contributed by atoms with Gasteiger partial charge >= 0.3 is 0 Å². The smallest absolute Gasteiger partial charge is 0.0124 e. The molecule has 0 radical (unpaired) electrons. The Bertz CT molecular complexity index is 187. The van der Waals surface area contributed by atoms with Gasteiger partial charge in [-0.2, -0.15) is 0 Å². The van der Waals surface area contributed by atoms with Gasteiger partial charge in [0.15, 0.2) is 0 Å². The van der Waals surface area contributed by atoms with Gasteiger partial charge in [-0.1, -0.05) is 13.3 Å². The molecule has 5 atom stereocenters. The first-order valence-electron chi connectivity index (χ1n) is 5.58. The summed E-state index contributed by atoms with van der Waals surface area (Å²) in [5.74, 6) is 3.15. The first-order valence-corrected chi connectivity index (χ1v) is 5.58. The van der Waals surface area contributed by atoms with Crippen molar-refractivity contribution in [3.63, 3.8) is 0 Å². The summed E-state index contributed by atoms with van der Waals surface area (Å²) in [7, 11) is 0. The highest BCUT2D eigenvalue weighted by atomic mass is 15.2. The van der Waals surface area contributed by atoms with Crippen LogP contribution in [0.3, 0.4) is 0 Å². The maximum Gasteiger partial charge on any atom is 0.0124 e. The maximum absolute atomic E-state index is 2.79. The highest BCUT2D eigenvalue weighted by Gasteiger charge is 2.44. The molecule has 1 heteroatoms. The Balaban J connectivity index is 1.84. The van der Waals surface area contributed by atoms with Gasteiger partial charge < -0.3 is 0 Å².